The zero-order valence-electron chi connectivity index (χ0n) is 22.7. The van der Waals surface area contributed by atoms with Crippen molar-refractivity contribution in [2.24, 2.45) is 5.92 Å². The van der Waals surface area contributed by atoms with E-state index in [9.17, 15) is 34.4 Å². The number of thiophene rings is 1. The van der Waals surface area contributed by atoms with E-state index in [0.29, 0.717) is 16.1 Å². The molecular formula is C30H26N4O8S. The number of carboxylic acids is 1. The standard InChI is InChI=1S/C30H26N4O8S/c35-27(32-26-15-20-11-12-31-16-25(20)43-26)24(17-33-28(36)22-5-1-2-6-23(22)29(33)37)19-9-7-18(8-10-19)14-21(30(38)39)4-3-13-42-34(40)41/h1-2,5-12,15-16,21,24H,3-4,13-14,17H2,(H,32,35)(H,38,39). The Hall–Kier alpha value is -5.17. The van der Waals surface area contributed by atoms with Gasteiger partial charge in [0, 0.05) is 18.9 Å². The van der Waals surface area contributed by atoms with Crippen LogP contribution in [0.2, 0.25) is 0 Å². The predicted molar refractivity (Wildman–Crippen MR) is 156 cm³/mol. The highest BCUT2D eigenvalue weighted by Crippen LogP contribution is 2.32. The van der Waals surface area contributed by atoms with Crippen molar-refractivity contribution in [3.05, 3.63) is 105 Å². The molecule has 5 rings (SSSR count). The second-order valence-corrected chi connectivity index (χ2v) is 11.1. The maximum absolute atomic E-state index is 13.7. The largest absolute Gasteiger partial charge is 0.481 e. The SMILES string of the molecule is O=C(O)C(CCCO[N+](=O)[O-])Cc1ccc(C(CN2C(=O)c3ccccc3C2=O)C(=O)Nc2cc3ccncc3s2)cc1. The van der Waals surface area contributed by atoms with Crippen molar-refractivity contribution in [3.63, 3.8) is 0 Å². The van der Waals surface area contributed by atoms with E-state index < -0.39 is 40.6 Å². The summed E-state index contributed by atoms with van der Waals surface area (Å²) < 4.78 is 0.886. The summed E-state index contributed by atoms with van der Waals surface area (Å²) in [7, 11) is 0. The minimum absolute atomic E-state index is 0.166. The molecular weight excluding hydrogens is 576 g/mol. The lowest BCUT2D eigenvalue weighted by atomic mass is 9.92. The Morgan fingerprint density at radius 1 is 1.07 bits per heavy atom. The molecule has 3 heterocycles. The number of carboxylic acid groups (broad SMARTS) is 1. The molecule has 12 nitrogen and oxygen atoms in total. The lowest BCUT2D eigenvalue weighted by Crippen LogP contribution is -2.38. The van der Waals surface area contributed by atoms with Crippen LogP contribution in [0.5, 0.6) is 0 Å². The summed E-state index contributed by atoms with van der Waals surface area (Å²) in [5.74, 6) is -4.12. The molecule has 1 aliphatic heterocycles. The lowest BCUT2D eigenvalue weighted by molar-refractivity contribution is -0.757. The van der Waals surface area contributed by atoms with Crippen molar-refractivity contribution >= 4 is 50.1 Å². The van der Waals surface area contributed by atoms with Crippen molar-refractivity contribution in [1.29, 1.82) is 0 Å². The highest BCUT2D eigenvalue weighted by atomic mass is 32.1. The first kappa shape index (κ1) is 29.3. The number of carbonyl (C=O) groups is 4. The van der Waals surface area contributed by atoms with Gasteiger partial charge in [-0.15, -0.1) is 21.5 Å². The Labute approximate surface area is 249 Å². The molecule has 2 aromatic heterocycles. The fourth-order valence-corrected chi connectivity index (χ4v) is 5.97. The van der Waals surface area contributed by atoms with E-state index >= 15 is 0 Å². The molecule has 2 N–H and O–H groups in total. The van der Waals surface area contributed by atoms with Crippen LogP contribution in [-0.4, -0.2) is 56.9 Å². The highest BCUT2D eigenvalue weighted by Gasteiger charge is 2.38. The van der Waals surface area contributed by atoms with Gasteiger partial charge in [-0.1, -0.05) is 36.4 Å². The van der Waals surface area contributed by atoms with Gasteiger partial charge in [0.1, 0.15) is 0 Å². The number of benzene rings is 2. The molecule has 2 atom stereocenters. The van der Waals surface area contributed by atoms with Crippen LogP contribution in [0.1, 0.15) is 50.6 Å². The molecule has 0 saturated carbocycles. The molecule has 2 unspecified atom stereocenters. The number of rotatable bonds is 13. The smallest absolute Gasteiger partial charge is 0.306 e. The van der Waals surface area contributed by atoms with Crippen molar-refractivity contribution in [2.75, 3.05) is 18.5 Å². The van der Waals surface area contributed by atoms with Gasteiger partial charge < -0.3 is 15.3 Å². The molecule has 13 heteroatoms. The second-order valence-electron chi connectivity index (χ2n) is 10.0. The quantitative estimate of drug-likeness (QED) is 0.0965. The summed E-state index contributed by atoms with van der Waals surface area (Å²) >= 11 is 1.35. The number of nitrogens with zero attached hydrogens (tertiary/aromatic N) is 3. The zero-order valence-corrected chi connectivity index (χ0v) is 23.5. The zero-order chi connectivity index (χ0) is 30.5. The Balaban J connectivity index is 1.36. The number of anilines is 1. The van der Waals surface area contributed by atoms with Crippen LogP contribution in [0.3, 0.4) is 0 Å². The lowest BCUT2D eigenvalue weighted by Gasteiger charge is -2.22. The van der Waals surface area contributed by atoms with Gasteiger partial charge in [0.15, 0.2) is 0 Å². The number of imide groups is 1. The molecule has 0 radical (unpaired) electrons. The topological polar surface area (TPSA) is 169 Å². The van der Waals surface area contributed by atoms with Gasteiger partial charge in [-0.3, -0.25) is 29.1 Å². The molecule has 43 heavy (non-hydrogen) atoms. The monoisotopic (exact) mass is 602 g/mol. The van der Waals surface area contributed by atoms with Crippen molar-refractivity contribution in [2.45, 2.75) is 25.2 Å². The molecule has 1 aliphatic rings. The number of fused-ring (bicyclic) bond motifs is 2. The molecule has 220 valence electrons. The molecule has 0 saturated heterocycles. The summed E-state index contributed by atoms with van der Waals surface area (Å²) in [6.07, 6.45) is 3.90. The van der Waals surface area contributed by atoms with E-state index in [-0.39, 0.29) is 43.5 Å². The first-order valence-electron chi connectivity index (χ1n) is 13.4. The highest BCUT2D eigenvalue weighted by molar-refractivity contribution is 7.22. The van der Waals surface area contributed by atoms with Crippen molar-refractivity contribution in [1.82, 2.24) is 9.88 Å². The Morgan fingerprint density at radius 3 is 2.40 bits per heavy atom. The van der Waals surface area contributed by atoms with E-state index in [4.69, 9.17) is 0 Å². The molecule has 0 spiro atoms. The van der Waals surface area contributed by atoms with Crippen LogP contribution in [0.15, 0.2) is 73.1 Å². The van der Waals surface area contributed by atoms with Crippen LogP contribution in [0, 0.1) is 16.0 Å². The third-order valence-corrected chi connectivity index (χ3v) is 8.24. The van der Waals surface area contributed by atoms with Gasteiger partial charge in [0.05, 0.1) is 39.3 Å². The number of pyridine rings is 1. The van der Waals surface area contributed by atoms with Crippen molar-refractivity contribution < 1.29 is 34.2 Å². The predicted octanol–water partition coefficient (Wildman–Crippen LogP) is 4.55. The molecule has 2 aromatic carbocycles. The Bertz CT molecular complexity index is 1640. The number of hydrogen-bond acceptors (Lipinski definition) is 9. The van der Waals surface area contributed by atoms with E-state index in [2.05, 4.69) is 15.1 Å². The maximum atomic E-state index is 13.7. The average molecular weight is 603 g/mol. The molecule has 0 aliphatic carbocycles. The van der Waals surface area contributed by atoms with Crippen LogP contribution < -0.4 is 5.32 Å². The molecule has 4 aromatic rings. The summed E-state index contributed by atoms with van der Waals surface area (Å²) in [5, 5.41) is 23.5. The fraction of sp³-hybridized carbons (Fsp3) is 0.233. The summed E-state index contributed by atoms with van der Waals surface area (Å²) in [6, 6.07) is 16.9. The first-order valence-corrected chi connectivity index (χ1v) is 14.2. The number of carbonyl (C=O) groups excluding carboxylic acids is 3. The van der Waals surface area contributed by atoms with E-state index in [1.807, 2.05) is 12.1 Å². The average Bonchev–Trinajstić information content (AvgIpc) is 3.51. The second kappa shape index (κ2) is 12.8. The Morgan fingerprint density at radius 2 is 1.77 bits per heavy atom. The van der Waals surface area contributed by atoms with Crippen LogP contribution >= 0.6 is 11.3 Å². The minimum Gasteiger partial charge on any atom is -0.481 e. The third kappa shape index (κ3) is 6.67. The third-order valence-electron chi connectivity index (χ3n) is 7.24. The summed E-state index contributed by atoms with van der Waals surface area (Å²) in [4.78, 5) is 71.5. The molecule has 0 bridgehead atoms. The van der Waals surface area contributed by atoms with Gasteiger partial charge in [0.25, 0.3) is 16.9 Å². The van der Waals surface area contributed by atoms with E-state index in [1.54, 1.807) is 60.9 Å². The number of aromatic nitrogens is 1. The van der Waals surface area contributed by atoms with Crippen LogP contribution in [0.25, 0.3) is 10.1 Å². The number of hydrogen-bond donors (Lipinski definition) is 2. The van der Waals surface area contributed by atoms with Crippen LogP contribution in [0.4, 0.5) is 5.00 Å². The van der Waals surface area contributed by atoms with Gasteiger partial charge in [-0.05, 0) is 60.0 Å². The Kier molecular flexibility index (Phi) is 8.71. The number of aliphatic carboxylic acids is 1. The first-order chi connectivity index (χ1) is 20.7. The van der Waals surface area contributed by atoms with Gasteiger partial charge in [-0.2, -0.15) is 0 Å². The maximum Gasteiger partial charge on any atom is 0.306 e. The van der Waals surface area contributed by atoms with E-state index in [0.717, 1.165) is 15.0 Å². The van der Waals surface area contributed by atoms with Crippen LogP contribution in [-0.2, 0) is 20.8 Å². The minimum atomic E-state index is -1.04. The number of amides is 3. The summed E-state index contributed by atoms with van der Waals surface area (Å²) in [6.45, 7) is -0.390. The normalized spacial score (nSPS) is 13.9. The van der Waals surface area contributed by atoms with Crippen molar-refractivity contribution in [3.8, 4) is 0 Å². The van der Waals surface area contributed by atoms with E-state index in [1.165, 1.54) is 11.3 Å². The molecule has 3 amide bonds. The molecule has 0 fully saturated rings. The van der Waals surface area contributed by atoms with Gasteiger partial charge in [0.2, 0.25) is 5.91 Å². The fourth-order valence-electron chi connectivity index (χ4n) is 5.03. The summed E-state index contributed by atoms with van der Waals surface area (Å²) in [5.41, 5.74) is 1.78. The van der Waals surface area contributed by atoms with Gasteiger partial charge in [-0.25, -0.2) is 0 Å². The number of nitrogens with one attached hydrogen (secondary N) is 1. The van der Waals surface area contributed by atoms with Gasteiger partial charge >= 0.3 is 5.97 Å².